The standard InChI is InChI=1S/C56H36N2/c1-2-16-47(17-3-1)57-53-20-10-8-18-49(53)51-35-43(26-28-55(51)57)44-27-29-56-52(36-44)50-19-9-11-21-54(50)58(56)48-33-45(41-24-22-37-12-4-6-14-39(37)30-41)32-46(34-48)42-25-23-38-13-5-7-15-40(38)31-42/h1-36H. The first kappa shape index (κ1) is 32.6. The molecule has 0 N–H and O–H groups in total. The van der Waals surface area contributed by atoms with E-state index in [9.17, 15) is 0 Å². The van der Waals surface area contributed by atoms with Gasteiger partial charge in [0.15, 0.2) is 0 Å². The highest BCUT2D eigenvalue weighted by Gasteiger charge is 2.17. The lowest BCUT2D eigenvalue weighted by molar-refractivity contribution is 1.18. The van der Waals surface area contributed by atoms with E-state index >= 15 is 0 Å². The van der Waals surface area contributed by atoms with E-state index in [0.717, 1.165) is 5.69 Å². The van der Waals surface area contributed by atoms with Gasteiger partial charge in [-0.2, -0.15) is 0 Å². The quantitative estimate of drug-likeness (QED) is 0.167. The van der Waals surface area contributed by atoms with E-state index in [4.69, 9.17) is 0 Å². The van der Waals surface area contributed by atoms with Gasteiger partial charge in [-0.05, 0) is 134 Å². The third-order valence-electron chi connectivity index (χ3n) is 12.0. The van der Waals surface area contributed by atoms with Crippen LogP contribution in [0.25, 0.3) is 110 Å². The predicted octanol–water partition coefficient (Wildman–Crippen LogP) is 15.2. The van der Waals surface area contributed by atoms with Gasteiger partial charge in [-0.3, -0.25) is 0 Å². The highest BCUT2D eigenvalue weighted by atomic mass is 15.0. The van der Waals surface area contributed by atoms with Crippen LogP contribution in [0.5, 0.6) is 0 Å². The molecule has 0 bridgehead atoms. The van der Waals surface area contributed by atoms with E-state index in [2.05, 4.69) is 228 Å². The molecule has 0 radical (unpaired) electrons. The van der Waals surface area contributed by atoms with Crippen molar-refractivity contribution in [3.05, 3.63) is 218 Å². The number of aromatic nitrogens is 2. The smallest absolute Gasteiger partial charge is 0.0541 e. The number of para-hydroxylation sites is 3. The number of benzene rings is 10. The molecule has 0 aliphatic carbocycles. The van der Waals surface area contributed by atoms with Crippen LogP contribution < -0.4 is 0 Å². The second-order valence-corrected chi connectivity index (χ2v) is 15.4. The van der Waals surface area contributed by atoms with Crippen molar-refractivity contribution < 1.29 is 0 Å². The van der Waals surface area contributed by atoms with Crippen LogP contribution in [0.4, 0.5) is 0 Å². The fraction of sp³-hybridized carbons (Fsp3) is 0. The van der Waals surface area contributed by atoms with Crippen LogP contribution in [-0.2, 0) is 0 Å². The maximum Gasteiger partial charge on any atom is 0.0541 e. The minimum absolute atomic E-state index is 1.14. The largest absolute Gasteiger partial charge is 0.309 e. The average Bonchev–Trinajstić information content (AvgIpc) is 3.81. The Bertz CT molecular complexity index is 3470. The second-order valence-electron chi connectivity index (χ2n) is 15.4. The Labute approximate surface area is 336 Å². The fourth-order valence-corrected chi connectivity index (χ4v) is 9.25. The van der Waals surface area contributed by atoms with Crippen molar-refractivity contribution in [1.29, 1.82) is 0 Å². The molecule has 0 saturated carbocycles. The molecule has 0 amide bonds. The molecule has 0 aliphatic heterocycles. The second kappa shape index (κ2) is 12.9. The lowest BCUT2D eigenvalue weighted by atomic mass is 9.95. The molecular weight excluding hydrogens is 701 g/mol. The topological polar surface area (TPSA) is 9.86 Å². The summed E-state index contributed by atoms with van der Waals surface area (Å²) in [6, 6.07) is 80.2. The first-order valence-electron chi connectivity index (χ1n) is 20.0. The average molecular weight is 737 g/mol. The van der Waals surface area contributed by atoms with Crippen molar-refractivity contribution in [1.82, 2.24) is 9.13 Å². The van der Waals surface area contributed by atoms with Gasteiger partial charge >= 0.3 is 0 Å². The van der Waals surface area contributed by atoms with Gasteiger partial charge in [0.25, 0.3) is 0 Å². The SMILES string of the molecule is c1ccc(-n2c3ccccc3c3cc(-c4ccc5c(c4)c4ccccc4n5-c4cc(-c5ccc6ccccc6c5)cc(-c5ccc6ccccc6c5)c4)ccc32)cc1. The normalized spacial score (nSPS) is 11.8. The first-order chi connectivity index (χ1) is 28.7. The van der Waals surface area contributed by atoms with Crippen LogP contribution in [-0.4, -0.2) is 9.13 Å². The first-order valence-corrected chi connectivity index (χ1v) is 20.0. The van der Waals surface area contributed by atoms with Crippen molar-refractivity contribution in [3.63, 3.8) is 0 Å². The van der Waals surface area contributed by atoms with Gasteiger partial charge in [-0.15, -0.1) is 0 Å². The molecule has 2 heteroatoms. The number of rotatable bonds is 5. The number of nitrogens with zero attached hydrogens (tertiary/aromatic N) is 2. The Balaban J connectivity index is 1.05. The van der Waals surface area contributed by atoms with Crippen molar-refractivity contribution >= 4 is 65.2 Å². The molecule has 0 fully saturated rings. The molecule has 12 aromatic rings. The Morgan fingerprint density at radius 3 is 1.14 bits per heavy atom. The van der Waals surface area contributed by atoms with Crippen molar-refractivity contribution in [2.75, 3.05) is 0 Å². The summed E-state index contributed by atoms with van der Waals surface area (Å²) in [7, 11) is 0. The molecule has 2 heterocycles. The Morgan fingerprint density at radius 1 is 0.207 bits per heavy atom. The van der Waals surface area contributed by atoms with Crippen LogP contribution >= 0.6 is 0 Å². The van der Waals surface area contributed by atoms with E-state index in [-0.39, 0.29) is 0 Å². The maximum absolute atomic E-state index is 2.46. The molecule has 10 aromatic carbocycles. The summed E-state index contributed by atoms with van der Waals surface area (Å²) in [5, 5.41) is 9.97. The van der Waals surface area contributed by atoms with E-state index in [1.807, 2.05) is 0 Å². The van der Waals surface area contributed by atoms with E-state index in [0.29, 0.717) is 0 Å². The molecular formula is C56H36N2. The van der Waals surface area contributed by atoms with E-state index in [1.54, 1.807) is 0 Å². The molecule has 0 unspecified atom stereocenters. The Hall–Kier alpha value is -7.68. The van der Waals surface area contributed by atoms with Crippen LogP contribution in [0.2, 0.25) is 0 Å². The molecule has 2 nitrogen and oxygen atoms in total. The molecule has 0 aliphatic rings. The van der Waals surface area contributed by atoms with Gasteiger partial charge in [0.05, 0.1) is 22.1 Å². The van der Waals surface area contributed by atoms with Crippen LogP contribution in [0.1, 0.15) is 0 Å². The lowest BCUT2D eigenvalue weighted by Crippen LogP contribution is -1.96. The molecule has 2 aromatic heterocycles. The molecule has 0 spiro atoms. The third-order valence-corrected chi connectivity index (χ3v) is 12.0. The van der Waals surface area contributed by atoms with Crippen molar-refractivity contribution in [3.8, 4) is 44.8 Å². The van der Waals surface area contributed by atoms with E-state index < -0.39 is 0 Å². The van der Waals surface area contributed by atoms with Crippen LogP contribution in [0, 0.1) is 0 Å². The monoisotopic (exact) mass is 736 g/mol. The van der Waals surface area contributed by atoms with Gasteiger partial charge in [0, 0.05) is 32.9 Å². The van der Waals surface area contributed by atoms with Gasteiger partial charge in [0.1, 0.15) is 0 Å². The molecule has 12 rings (SSSR count). The fourth-order valence-electron chi connectivity index (χ4n) is 9.25. The molecule has 58 heavy (non-hydrogen) atoms. The summed E-state index contributed by atoms with van der Waals surface area (Å²) in [6.07, 6.45) is 0. The third kappa shape index (κ3) is 5.19. The number of hydrogen-bond donors (Lipinski definition) is 0. The zero-order chi connectivity index (χ0) is 38.2. The highest BCUT2D eigenvalue weighted by Crippen LogP contribution is 2.40. The van der Waals surface area contributed by atoms with Crippen molar-refractivity contribution in [2.24, 2.45) is 0 Å². The summed E-state index contributed by atoms with van der Waals surface area (Å²) in [5.41, 5.74) is 14.3. The molecule has 0 saturated heterocycles. The van der Waals surface area contributed by atoms with Gasteiger partial charge in [-0.1, -0.05) is 140 Å². The predicted molar refractivity (Wildman–Crippen MR) is 246 cm³/mol. The molecule has 0 atom stereocenters. The minimum Gasteiger partial charge on any atom is -0.309 e. The molecule has 270 valence electrons. The summed E-state index contributed by atoms with van der Waals surface area (Å²) in [4.78, 5) is 0. The minimum atomic E-state index is 1.14. The van der Waals surface area contributed by atoms with Crippen LogP contribution in [0.3, 0.4) is 0 Å². The van der Waals surface area contributed by atoms with E-state index in [1.165, 1.54) is 104 Å². The summed E-state index contributed by atoms with van der Waals surface area (Å²) < 4.78 is 4.84. The Morgan fingerprint density at radius 2 is 0.603 bits per heavy atom. The zero-order valence-electron chi connectivity index (χ0n) is 31.7. The van der Waals surface area contributed by atoms with Crippen LogP contribution in [0.15, 0.2) is 218 Å². The zero-order valence-corrected chi connectivity index (χ0v) is 31.7. The summed E-state index contributed by atoms with van der Waals surface area (Å²) in [6.45, 7) is 0. The highest BCUT2D eigenvalue weighted by molar-refractivity contribution is 6.13. The number of hydrogen-bond acceptors (Lipinski definition) is 0. The summed E-state index contributed by atoms with van der Waals surface area (Å²) in [5.74, 6) is 0. The summed E-state index contributed by atoms with van der Waals surface area (Å²) >= 11 is 0. The lowest BCUT2D eigenvalue weighted by Gasteiger charge is -2.15. The number of fused-ring (bicyclic) bond motifs is 8. The Kier molecular flexibility index (Phi) is 7.26. The van der Waals surface area contributed by atoms with Gasteiger partial charge in [-0.25, -0.2) is 0 Å². The van der Waals surface area contributed by atoms with Gasteiger partial charge < -0.3 is 9.13 Å². The van der Waals surface area contributed by atoms with Gasteiger partial charge in [0.2, 0.25) is 0 Å². The maximum atomic E-state index is 2.46. The van der Waals surface area contributed by atoms with Crippen molar-refractivity contribution in [2.45, 2.75) is 0 Å².